The van der Waals surface area contributed by atoms with Crippen molar-refractivity contribution in [2.24, 2.45) is 0 Å². The van der Waals surface area contributed by atoms with Gasteiger partial charge in [0.25, 0.3) is 0 Å². The van der Waals surface area contributed by atoms with E-state index in [2.05, 4.69) is 4.98 Å². The van der Waals surface area contributed by atoms with Crippen molar-refractivity contribution < 1.29 is 10.0 Å². The number of hydrogen-bond acceptors (Lipinski definition) is 5. The summed E-state index contributed by atoms with van der Waals surface area (Å²) in [5.74, 6) is 0.666. The van der Waals surface area contributed by atoms with Crippen LogP contribution in [0.3, 0.4) is 0 Å². The maximum Gasteiger partial charge on any atom is 0.396 e. The van der Waals surface area contributed by atoms with Crippen LogP contribution < -0.4 is 0 Å². The summed E-state index contributed by atoms with van der Waals surface area (Å²) in [7, 11) is 0. The van der Waals surface area contributed by atoms with Crippen LogP contribution in [-0.2, 0) is 6.54 Å². The average Bonchev–Trinajstić information content (AvgIpc) is 2.83. The van der Waals surface area contributed by atoms with Crippen LogP contribution in [0, 0.1) is 17.0 Å². The lowest BCUT2D eigenvalue weighted by Gasteiger charge is -2.10. The topological polar surface area (TPSA) is 81.2 Å². The SMILES string of the molecule is Cc1nc([N+](=O)[O-])c(SC[C@@H](O)CCl)n1Cc1ccc(Cl)cc1. The van der Waals surface area contributed by atoms with E-state index in [0.717, 1.165) is 5.56 Å². The third kappa shape index (κ3) is 4.60. The van der Waals surface area contributed by atoms with Crippen LogP contribution in [-0.4, -0.2) is 37.3 Å². The highest BCUT2D eigenvalue weighted by Gasteiger charge is 2.26. The van der Waals surface area contributed by atoms with Gasteiger partial charge in [0.2, 0.25) is 5.82 Å². The largest absolute Gasteiger partial charge is 0.396 e. The molecule has 0 radical (unpaired) electrons. The van der Waals surface area contributed by atoms with Gasteiger partial charge in [-0.15, -0.1) is 11.6 Å². The maximum atomic E-state index is 11.2. The number of rotatable bonds is 7. The Bertz CT molecular complexity index is 691. The second kappa shape index (κ2) is 8.01. The summed E-state index contributed by atoms with van der Waals surface area (Å²) in [4.78, 5) is 14.7. The van der Waals surface area contributed by atoms with Gasteiger partial charge in [-0.25, -0.2) is 0 Å². The summed E-state index contributed by atoms with van der Waals surface area (Å²) in [6, 6.07) is 7.24. The van der Waals surface area contributed by atoms with E-state index in [4.69, 9.17) is 23.2 Å². The Kier molecular flexibility index (Phi) is 6.29. The Hall–Kier alpha value is -1.28. The molecule has 2 rings (SSSR count). The van der Waals surface area contributed by atoms with Crippen molar-refractivity contribution in [1.82, 2.24) is 9.55 Å². The van der Waals surface area contributed by atoms with Gasteiger partial charge >= 0.3 is 5.82 Å². The zero-order chi connectivity index (χ0) is 17.0. The van der Waals surface area contributed by atoms with Gasteiger partial charge in [-0.05, 0) is 27.6 Å². The summed E-state index contributed by atoms with van der Waals surface area (Å²) in [5.41, 5.74) is 0.949. The summed E-state index contributed by atoms with van der Waals surface area (Å²) in [6.45, 7) is 2.15. The molecular formula is C14H15Cl2N3O3S. The molecule has 0 aliphatic carbocycles. The fraction of sp³-hybridized carbons (Fsp3) is 0.357. The molecule has 0 unspecified atom stereocenters. The number of alkyl halides is 1. The predicted molar refractivity (Wildman–Crippen MR) is 91.6 cm³/mol. The molecule has 124 valence electrons. The monoisotopic (exact) mass is 375 g/mol. The lowest BCUT2D eigenvalue weighted by atomic mass is 10.2. The van der Waals surface area contributed by atoms with E-state index >= 15 is 0 Å². The lowest BCUT2D eigenvalue weighted by Crippen LogP contribution is -2.12. The molecule has 2 aromatic rings. The number of nitrogens with zero attached hydrogens (tertiary/aromatic N) is 3. The zero-order valence-corrected chi connectivity index (χ0v) is 14.6. The molecule has 6 nitrogen and oxygen atoms in total. The quantitative estimate of drug-likeness (QED) is 0.346. The summed E-state index contributed by atoms with van der Waals surface area (Å²) in [6.07, 6.45) is -0.736. The number of aliphatic hydroxyl groups excluding tert-OH is 1. The van der Waals surface area contributed by atoms with E-state index in [9.17, 15) is 15.2 Å². The van der Waals surface area contributed by atoms with Gasteiger partial charge in [0.15, 0.2) is 5.03 Å². The van der Waals surface area contributed by atoms with E-state index in [0.29, 0.717) is 22.4 Å². The van der Waals surface area contributed by atoms with Gasteiger partial charge < -0.3 is 15.2 Å². The van der Waals surface area contributed by atoms with Crippen molar-refractivity contribution in [3.63, 3.8) is 0 Å². The number of aromatic nitrogens is 2. The first-order valence-electron chi connectivity index (χ1n) is 6.75. The second-order valence-corrected chi connectivity index (χ2v) is 6.63. The summed E-state index contributed by atoms with van der Waals surface area (Å²) >= 11 is 12.6. The van der Waals surface area contributed by atoms with Gasteiger partial charge in [-0.2, -0.15) is 0 Å². The highest BCUT2D eigenvalue weighted by Crippen LogP contribution is 2.31. The van der Waals surface area contributed by atoms with E-state index in [1.54, 1.807) is 23.6 Å². The van der Waals surface area contributed by atoms with Crippen LogP contribution in [0.1, 0.15) is 11.4 Å². The van der Waals surface area contributed by atoms with Gasteiger partial charge in [0.1, 0.15) is 0 Å². The number of benzene rings is 1. The fourth-order valence-electron chi connectivity index (χ4n) is 1.97. The van der Waals surface area contributed by atoms with E-state index < -0.39 is 11.0 Å². The molecule has 0 bridgehead atoms. The number of halogens is 2. The minimum absolute atomic E-state index is 0.0745. The van der Waals surface area contributed by atoms with Crippen molar-refractivity contribution in [3.05, 3.63) is 50.8 Å². The van der Waals surface area contributed by atoms with Crippen LogP contribution in [0.15, 0.2) is 29.3 Å². The number of aliphatic hydroxyl groups is 1. The van der Waals surface area contributed by atoms with Gasteiger partial charge in [-0.1, -0.05) is 35.5 Å². The van der Waals surface area contributed by atoms with Crippen LogP contribution in [0.5, 0.6) is 0 Å². The molecule has 1 aromatic carbocycles. The number of thioether (sulfide) groups is 1. The Morgan fingerprint density at radius 2 is 2.09 bits per heavy atom. The van der Waals surface area contributed by atoms with E-state index in [-0.39, 0.29) is 17.5 Å². The van der Waals surface area contributed by atoms with Crippen LogP contribution >= 0.6 is 35.0 Å². The number of aryl methyl sites for hydroxylation is 1. The van der Waals surface area contributed by atoms with Crippen molar-refractivity contribution in [2.75, 3.05) is 11.6 Å². The fourth-order valence-corrected chi connectivity index (χ4v) is 3.40. The molecule has 1 heterocycles. The Morgan fingerprint density at radius 3 is 2.65 bits per heavy atom. The van der Waals surface area contributed by atoms with E-state index in [1.165, 1.54) is 11.8 Å². The van der Waals surface area contributed by atoms with Crippen molar-refractivity contribution >= 4 is 40.8 Å². The highest BCUT2D eigenvalue weighted by molar-refractivity contribution is 7.99. The normalized spacial score (nSPS) is 12.3. The Balaban J connectivity index is 2.32. The van der Waals surface area contributed by atoms with Gasteiger partial charge in [0.05, 0.1) is 12.6 Å². The molecule has 0 fully saturated rings. The highest BCUT2D eigenvalue weighted by atomic mass is 35.5. The summed E-state index contributed by atoms with van der Waals surface area (Å²) in [5, 5.41) is 21.8. The zero-order valence-electron chi connectivity index (χ0n) is 12.3. The molecule has 9 heteroatoms. The smallest absolute Gasteiger partial charge is 0.391 e. The lowest BCUT2D eigenvalue weighted by molar-refractivity contribution is -0.392. The third-order valence-electron chi connectivity index (χ3n) is 3.11. The van der Waals surface area contributed by atoms with Gasteiger partial charge in [-0.3, -0.25) is 4.57 Å². The molecule has 1 aromatic heterocycles. The molecule has 0 aliphatic rings. The summed E-state index contributed by atoms with van der Waals surface area (Å²) < 4.78 is 1.76. The number of hydrogen-bond donors (Lipinski definition) is 1. The van der Waals surface area contributed by atoms with E-state index in [1.807, 2.05) is 12.1 Å². The van der Waals surface area contributed by atoms with Crippen molar-refractivity contribution in [2.45, 2.75) is 24.6 Å². The molecule has 0 saturated heterocycles. The number of nitro groups is 1. The standard InChI is InChI=1S/C14H15Cl2N3O3S/c1-9-17-13(19(21)22)14(23-8-12(20)6-15)18(9)7-10-2-4-11(16)5-3-10/h2-5,12,20H,6-8H2,1H3/t12-/m0/s1. The molecule has 0 saturated carbocycles. The van der Waals surface area contributed by atoms with Crippen molar-refractivity contribution in [1.29, 1.82) is 0 Å². The minimum atomic E-state index is -0.736. The van der Waals surface area contributed by atoms with Crippen LogP contribution in [0.4, 0.5) is 5.82 Å². The Labute approximate surface area is 147 Å². The van der Waals surface area contributed by atoms with Crippen LogP contribution in [0.25, 0.3) is 0 Å². The van der Waals surface area contributed by atoms with Crippen LogP contribution in [0.2, 0.25) is 5.02 Å². The van der Waals surface area contributed by atoms with Gasteiger partial charge in [0, 0.05) is 23.6 Å². The molecule has 1 N–H and O–H groups in total. The molecule has 0 aliphatic heterocycles. The average molecular weight is 376 g/mol. The first-order valence-corrected chi connectivity index (χ1v) is 8.65. The number of imidazole rings is 1. The maximum absolute atomic E-state index is 11.2. The van der Waals surface area contributed by atoms with Crippen molar-refractivity contribution in [3.8, 4) is 0 Å². The first-order chi connectivity index (χ1) is 10.9. The predicted octanol–water partition coefficient (Wildman–Crippen LogP) is 3.49. The first kappa shape index (κ1) is 18.1. The molecular weight excluding hydrogens is 361 g/mol. The second-order valence-electron chi connectivity index (χ2n) is 4.88. The Morgan fingerprint density at radius 1 is 1.43 bits per heavy atom. The molecule has 0 spiro atoms. The minimum Gasteiger partial charge on any atom is -0.391 e. The molecule has 1 atom stereocenters. The molecule has 23 heavy (non-hydrogen) atoms. The molecule has 0 amide bonds. The third-order valence-corrected chi connectivity index (χ3v) is 4.95.